The standard InChI is InChI=1S/C22H18Br2N2O3/c1-29-16-4-2-3-15(11-16)25-22(28)21(27)12-26-19-7-5-13(23)9-17(19)18-10-14(24)6-8-20(18)26/h2-11,21,27H,12H2,1H3,(H,25,28)/t21-/m1/s1. The Morgan fingerprint density at radius 2 is 1.66 bits per heavy atom. The number of hydrogen-bond donors (Lipinski definition) is 2. The Morgan fingerprint density at radius 1 is 1.03 bits per heavy atom. The van der Waals surface area contributed by atoms with E-state index >= 15 is 0 Å². The van der Waals surface area contributed by atoms with Gasteiger partial charge in [0.15, 0.2) is 6.10 Å². The van der Waals surface area contributed by atoms with Gasteiger partial charge in [-0.3, -0.25) is 4.79 Å². The molecule has 29 heavy (non-hydrogen) atoms. The number of anilines is 1. The first-order valence-electron chi connectivity index (χ1n) is 8.96. The zero-order valence-corrected chi connectivity index (χ0v) is 18.7. The number of halogens is 2. The van der Waals surface area contributed by atoms with Crippen LogP contribution in [-0.2, 0) is 11.3 Å². The molecular weight excluding hydrogens is 500 g/mol. The normalized spacial score (nSPS) is 12.3. The summed E-state index contributed by atoms with van der Waals surface area (Å²) in [4.78, 5) is 12.6. The quantitative estimate of drug-likeness (QED) is 0.376. The molecule has 0 aliphatic rings. The van der Waals surface area contributed by atoms with Crippen LogP contribution in [-0.4, -0.2) is 28.8 Å². The molecule has 0 bridgehead atoms. The van der Waals surface area contributed by atoms with E-state index in [-0.39, 0.29) is 6.54 Å². The maximum Gasteiger partial charge on any atom is 0.255 e. The molecule has 1 heterocycles. The summed E-state index contributed by atoms with van der Waals surface area (Å²) in [7, 11) is 1.56. The number of aliphatic hydroxyl groups is 1. The highest BCUT2D eigenvalue weighted by molar-refractivity contribution is 9.10. The Labute approximate surface area is 184 Å². The number of carbonyl (C=O) groups excluding carboxylic acids is 1. The summed E-state index contributed by atoms with van der Waals surface area (Å²) < 4.78 is 9.09. The minimum atomic E-state index is -1.22. The number of amides is 1. The van der Waals surface area contributed by atoms with Crippen molar-refractivity contribution in [2.24, 2.45) is 0 Å². The van der Waals surface area contributed by atoms with Crippen LogP contribution in [0.2, 0.25) is 0 Å². The monoisotopic (exact) mass is 516 g/mol. The molecule has 5 nitrogen and oxygen atoms in total. The molecule has 1 atom stereocenters. The fraction of sp³-hybridized carbons (Fsp3) is 0.136. The minimum absolute atomic E-state index is 0.138. The number of nitrogens with zero attached hydrogens (tertiary/aromatic N) is 1. The number of hydrogen-bond acceptors (Lipinski definition) is 3. The number of fused-ring (bicyclic) bond motifs is 3. The van der Waals surface area contributed by atoms with Crippen molar-refractivity contribution in [1.82, 2.24) is 4.57 Å². The SMILES string of the molecule is COc1cccc(NC(=O)[C@H](O)Cn2c3ccc(Br)cc3c3cc(Br)ccc32)c1. The van der Waals surface area contributed by atoms with Crippen LogP contribution in [0.3, 0.4) is 0 Å². The zero-order chi connectivity index (χ0) is 20.5. The largest absolute Gasteiger partial charge is 0.497 e. The minimum Gasteiger partial charge on any atom is -0.497 e. The number of methoxy groups -OCH3 is 1. The molecule has 148 valence electrons. The summed E-state index contributed by atoms with van der Waals surface area (Å²) in [5, 5.41) is 15.5. The second-order valence-corrected chi connectivity index (χ2v) is 8.50. The molecule has 0 fully saturated rings. The van der Waals surface area contributed by atoms with Crippen molar-refractivity contribution in [2.45, 2.75) is 12.6 Å². The predicted octanol–water partition coefficient (Wildman–Crippen LogP) is 5.33. The lowest BCUT2D eigenvalue weighted by atomic mass is 10.2. The van der Waals surface area contributed by atoms with Gasteiger partial charge in [-0.25, -0.2) is 0 Å². The van der Waals surface area contributed by atoms with Gasteiger partial charge in [0.2, 0.25) is 0 Å². The van der Waals surface area contributed by atoms with Gasteiger partial charge in [-0.05, 0) is 48.5 Å². The molecule has 0 radical (unpaired) electrons. The van der Waals surface area contributed by atoms with Crippen LogP contribution in [0, 0.1) is 0 Å². The highest BCUT2D eigenvalue weighted by atomic mass is 79.9. The summed E-state index contributed by atoms with van der Waals surface area (Å²) in [5.41, 5.74) is 2.48. The molecule has 4 rings (SSSR count). The van der Waals surface area contributed by atoms with Crippen molar-refractivity contribution < 1.29 is 14.6 Å². The van der Waals surface area contributed by atoms with Crippen molar-refractivity contribution in [3.8, 4) is 5.75 Å². The number of aromatic nitrogens is 1. The van der Waals surface area contributed by atoms with Crippen molar-refractivity contribution in [3.05, 3.63) is 69.6 Å². The van der Waals surface area contributed by atoms with Crippen LogP contribution in [0.5, 0.6) is 5.75 Å². The second-order valence-electron chi connectivity index (χ2n) is 6.67. The molecule has 0 aliphatic carbocycles. The Kier molecular flexibility index (Phi) is 5.63. The van der Waals surface area contributed by atoms with Crippen LogP contribution < -0.4 is 10.1 Å². The third kappa shape index (κ3) is 4.03. The molecule has 7 heteroatoms. The summed E-state index contributed by atoms with van der Waals surface area (Å²) in [5.74, 6) is 0.165. The van der Waals surface area contributed by atoms with Crippen LogP contribution in [0.1, 0.15) is 0 Å². The molecule has 1 amide bonds. The molecule has 2 N–H and O–H groups in total. The van der Waals surface area contributed by atoms with E-state index in [0.717, 1.165) is 30.8 Å². The van der Waals surface area contributed by atoms with E-state index in [0.29, 0.717) is 11.4 Å². The van der Waals surface area contributed by atoms with E-state index in [1.807, 2.05) is 41.0 Å². The number of benzene rings is 3. The maximum atomic E-state index is 12.6. The van der Waals surface area contributed by atoms with Gasteiger partial charge >= 0.3 is 0 Å². The van der Waals surface area contributed by atoms with Crippen LogP contribution in [0.15, 0.2) is 69.6 Å². The Hall–Kier alpha value is -2.35. The number of nitrogens with one attached hydrogen (secondary N) is 1. The number of aliphatic hydroxyl groups excluding tert-OH is 1. The van der Waals surface area contributed by atoms with Crippen LogP contribution in [0.4, 0.5) is 5.69 Å². The van der Waals surface area contributed by atoms with Gasteiger partial charge in [0.25, 0.3) is 5.91 Å². The lowest BCUT2D eigenvalue weighted by molar-refractivity contribution is -0.124. The fourth-order valence-corrected chi connectivity index (χ4v) is 4.15. The van der Waals surface area contributed by atoms with Gasteiger partial charge in [-0.2, -0.15) is 0 Å². The Balaban J connectivity index is 1.66. The third-order valence-electron chi connectivity index (χ3n) is 4.78. The summed E-state index contributed by atoms with van der Waals surface area (Å²) in [6.45, 7) is 0.138. The van der Waals surface area contributed by atoms with E-state index in [2.05, 4.69) is 37.2 Å². The number of carbonyl (C=O) groups is 1. The Bertz CT molecular complexity index is 1160. The second kappa shape index (κ2) is 8.18. The van der Waals surface area contributed by atoms with Crippen molar-refractivity contribution in [2.75, 3.05) is 12.4 Å². The van der Waals surface area contributed by atoms with Gasteiger partial charge in [0.05, 0.1) is 13.7 Å². The smallest absolute Gasteiger partial charge is 0.255 e. The third-order valence-corrected chi connectivity index (χ3v) is 5.77. The molecule has 0 saturated heterocycles. The first kappa shape index (κ1) is 19.9. The maximum absolute atomic E-state index is 12.6. The van der Waals surface area contributed by atoms with Gasteiger partial charge in [-0.15, -0.1) is 0 Å². The van der Waals surface area contributed by atoms with E-state index in [1.54, 1.807) is 31.4 Å². The van der Waals surface area contributed by atoms with Gasteiger partial charge < -0.3 is 19.7 Å². The summed E-state index contributed by atoms with van der Waals surface area (Å²) >= 11 is 7.05. The molecule has 0 saturated carbocycles. The van der Waals surface area contributed by atoms with Crippen molar-refractivity contribution in [3.63, 3.8) is 0 Å². The van der Waals surface area contributed by atoms with E-state index < -0.39 is 12.0 Å². The fourth-order valence-electron chi connectivity index (χ4n) is 3.43. The average Bonchev–Trinajstić information content (AvgIpc) is 3.00. The summed E-state index contributed by atoms with van der Waals surface area (Å²) in [6, 6.07) is 19.0. The molecule has 0 spiro atoms. The lowest BCUT2D eigenvalue weighted by Crippen LogP contribution is -2.31. The van der Waals surface area contributed by atoms with Gasteiger partial charge in [0, 0.05) is 42.5 Å². The molecule has 0 aliphatic heterocycles. The van der Waals surface area contributed by atoms with Crippen LogP contribution in [0.25, 0.3) is 21.8 Å². The van der Waals surface area contributed by atoms with Gasteiger partial charge in [-0.1, -0.05) is 37.9 Å². The predicted molar refractivity (Wildman–Crippen MR) is 122 cm³/mol. The summed E-state index contributed by atoms with van der Waals surface area (Å²) in [6.07, 6.45) is -1.22. The van der Waals surface area contributed by atoms with E-state index in [9.17, 15) is 9.90 Å². The number of ether oxygens (including phenoxy) is 1. The first-order valence-corrected chi connectivity index (χ1v) is 10.5. The molecular formula is C22H18Br2N2O3. The average molecular weight is 518 g/mol. The highest BCUT2D eigenvalue weighted by Crippen LogP contribution is 2.33. The highest BCUT2D eigenvalue weighted by Gasteiger charge is 2.20. The molecule has 4 aromatic rings. The van der Waals surface area contributed by atoms with Gasteiger partial charge in [0.1, 0.15) is 5.75 Å². The van der Waals surface area contributed by atoms with Crippen LogP contribution >= 0.6 is 31.9 Å². The van der Waals surface area contributed by atoms with Crippen molar-refractivity contribution >= 4 is 65.3 Å². The molecule has 0 unspecified atom stereocenters. The number of rotatable bonds is 5. The molecule has 1 aromatic heterocycles. The van der Waals surface area contributed by atoms with Crippen molar-refractivity contribution in [1.29, 1.82) is 0 Å². The first-order chi connectivity index (χ1) is 14.0. The van der Waals surface area contributed by atoms with E-state index in [1.165, 1.54) is 0 Å². The zero-order valence-electron chi connectivity index (χ0n) is 15.5. The van der Waals surface area contributed by atoms with E-state index in [4.69, 9.17) is 4.74 Å². The topological polar surface area (TPSA) is 63.5 Å². The lowest BCUT2D eigenvalue weighted by Gasteiger charge is -2.15. The molecule has 3 aromatic carbocycles. The Morgan fingerprint density at radius 3 is 2.24 bits per heavy atom.